The third kappa shape index (κ3) is 5.93. The van der Waals surface area contributed by atoms with E-state index in [-0.39, 0.29) is 41.0 Å². The lowest BCUT2D eigenvalue weighted by atomic mass is 9.78. The predicted octanol–water partition coefficient (Wildman–Crippen LogP) is 0.553. The van der Waals surface area contributed by atoms with Gasteiger partial charge in [-0.1, -0.05) is 32.9 Å². The van der Waals surface area contributed by atoms with E-state index in [0.717, 1.165) is 0 Å². The Bertz CT molecular complexity index is 963. The fraction of sp³-hybridized carbons (Fsp3) is 0.600. The Balaban J connectivity index is 1.94. The Morgan fingerprint density at radius 3 is 2.17 bits per heavy atom. The summed E-state index contributed by atoms with van der Waals surface area (Å²) in [4.78, 5) is 52.6. The lowest BCUT2D eigenvalue weighted by molar-refractivity contribution is -0.140. The molecule has 0 radical (unpaired) electrons. The maximum atomic E-state index is 13.4. The summed E-state index contributed by atoms with van der Waals surface area (Å²) < 4.78 is 5.25. The van der Waals surface area contributed by atoms with E-state index in [0.29, 0.717) is 13.2 Å². The van der Waals surface area contributed by atoms with Gasteiger partial charge in [0.1, 0.15) is 17.8 Å². The van der Waals surface area contributed by atoms with E-state index < -0.39 is 41.8 Å². The summed E-state index contributed by atoms with van der Waals surface area (Å²) in [5, 5.41) is 21.4. The molecule has 0 aliphatic carbocycles. The van der Waals surface area contributed by atoms with E-state index in [9.17, 15) is 24.3 Å². The Morgan fingerprint density at radius 2 is 1.60 bits per heavy atom. The van der Waals surface area contributed by atoms with E-state index in [2.05, 4.69) is 21.3 Å². The van der Waals surface area contributed by atoms with Gasteiger partial charge in [0, 0.05) is 17.9 Å². The van der Waals surface area contributed by atoms with Crippen LogP contribution in [0.2, 0.25) is 0 Å². The van der Waals surface area contributed by atoms with Gasteiger partial charge in [-0.3, -0.25) is 19.2 Å². The zero-order valence-electron chi connectivity index (χ0n) is 20.8. The average Bonchev–Trinajstić information content (AvgIpc) is 2.74. The molecule has 6 unspecified atom stereocenters. The molecule has 0 spiro atoms. The number of rotatable bonds is 4. The highest BCUT2D eigenvalue weighted by molar-refractivity contribution is 6.00. The summed E-state index contributed by atoms with van der Waals surface area (Å²) in [5.74, 6) is -2.88. The number of phenolic OH excluding ortho intramolecular Hbond substituents is 1. The van der Waals surface area contributed by atoms with Crippen LogP contribution in [-0.4, -0.2) is 66.1 Å². The molecule has 5 N–H and O–H groups in total. The molecule has 2 heterocycles. The van der Waals surface area contributed by atoms with Crippen LogP contribution < -0.4 is 21.3 Å². The largest absolute Gasteiger partial charge is 0.507 e. The van der Waals surface area contributed by atoms with Crippen molar-refractivity contribution in [3.63, 3.8) is 0 Å². The van der Waals surface area contributed by atoms with E-state index in [1.807, 2.05) is 20.8 Å². The number of carbonyl (C=O) groups is 4. The minimum absolute atomic E-state index is 0.0171. The predicted molar refractivity (Wildman–Crippen MR) is 128 cm³/mol. The molecule has 0 bridgehead atoms. The molecule has 6 atom stereocenters. The van der Waals surface area contributed by atoms with Crippen molar-refractivity contribution in [1.29, 1.82) is 0 Å². The molecule has 2 aliphatic heterocycles. The average molecular weight is 489 g/mol. The summed E-state index contributed by atoms with van der Waals surface area (Å²) in [6, 6.07) is 2.89. The summed E-state index contributed by atoms with van der Waals surface area (Å²) in [6.45, 7) is 9.89. The van der Waals surface area contributed by atoms with Gasteiger partial charge < -0.3 is 31.1 Å². The van der Waals surface area contributed by atoms with Crippen LogP contribution in [0.1, 0.15) is 45.0 Å². The maximum Gasteiger partial charge on any atom is 0.255 e. The summed E-state index contributed by atoms with van der Waals surface area (Å²) >= 11 is 0. The van der Waals surface area contributed by atoms with Crippen molar-refractivity contribution in [3.8, 4) is 5.75 Å². The first kappa shape index (κ1) is 26.5. The molecule has 0 aromatic heterocycles. The number of nitrogens with one attached hydrogen (secondary N) is 4. The molecule has 2 saturated heterocycles. The van der Waals surface area contributed by atoms with E-state index in [4.69, 9.17) is 4.74 Å². The molecule has 10 heteroatoms. The Kier molecular flexibility index (Phi) is 8.37. The van der Waals surface area contributed by atoms with Crippen LogP contribution in [0, 0.1) is 23.7 Å². The third-order valence-corrected chi connectivity index (χ3v) is 7.01. The van der Waals surface area contributed by atoms with E-state index >= 15 is 0 Å². The van der Waals surface area contributed by atoms with Gasteiger partial charge in [0.2, 0.25) is 17.7 Å². The lowest BCUT2D eigenvalue weighted by Gasteiger charge is -2.39. The molecule has 0 saturated carbocycles. The lowest BCUT2D eigenvalue weighted by Crippen LogP contribution is -2.64. The number of hydrogen-bond donors (Lipinski definition) is 5. The number of ether oxygens (including phenoxy) is 1. The molecule has 192 valence electrons. The number of carbonyl (C=O) groups excluding carboxylic acids is 4. The van der Waals surface area contributed by atoms with E-state index in [1.54, 1.807) is 26.0 Å². The van der Waals surface area contributed by atoms with Crippen molar-refractivity contribution in [2.45, 2.75) is 58.8 Å². The normalized spacial score (nSPS) is 30.7. The molecule has 4 amide bonds. The van der Waals surface area contributed by atoms with Crippen LogP contribution >= 0.6 is 0 Å². The van der Waals surface area contributed by atoms with Crippen LogP contribution in [0.15, 0.2) is 24.3 Å². The first-order valence-electron chi connectivity index (χ1n) is 12.1. The Hall–Kier alpha value is -3.14. The fourth-order valence-corrected chi connectivity index (χ4v) is 5.00. The molecule has 2 aliphatic rings. The van der Waals surface area contributed by atoms with Gasteiger partial charge >= 0.3 is 0 Å². The number of para-hydroxylation sites is 1. The number of phenols is 1. The number of hydrogen-bond acceptors (Lipinski definition) is 6. The van der Waals surface area contributed by atoms with Crippen molar-refractivity contribution in [3.05, 3.63) is 29.8 Å². The minimum atomic E-state index is -1.12. The van der Waals surface area contributed by atoms with Crippen LogP contribution in [0.25, 0.3) is 0 Å². The van der Waals surface area contributed by atoms with Crippen LogP contribution in [0.4, 0.5) is 0 Å². The summed E-state index contributed by atoms with van der Waals surface area (Å²) in [7, 11) is 0. The molecule has 1 aromatic rings. The van der Waals surface area contributed by atoms with Crippen molar-refractivity contribution in [1.82, 2.24) is 21.3 Å². The zero-order chi connectivity index (χ0) is 25.9. The minimum Gasteiger partial charge on any atom is -0.507 e. The molecule has 35 heavy (non-hydrogen) atoms. The SMILES string of the molecule is CC(C)C1C(C)NC(=O)C(NC(=O)c2ccccc2O)C(C)NC(=O)C(C2COC2)NC(=O)C1C. The highest BCUT2D eigenvalue weighted by atomic mass is 16.5. The second-order valence-corrected chi connectivity index (χ2v) is 9.96. The van der Waals surface area contributed by atoms with Crippen molar-refractivity contribution in [2.24, 2.45) is 23.7 Å². The Labute approximate surface area is 205 Å². The van der Waals surface area contributed by atoms with Crippen molar-refractivity contribution < 1.29 is 29.0 Å². The second-order valence-electron chi connectivity index (χ2n) is 9.96. The van der Waals surface area contributed by atoms with Crippen molar-refractivity contribution in [2.75, 3.05) is 13.2 Å². The van der Waals surface area contributed by atoms with Gasteiger partial charge in [0.05, 0.1) is 24.8 Å². The number of benzene rings is 1. The van der Waals surface area contributed by atoms with Crippen molar-refractivity contribution >= 4 is 23.6 Å². The monoisotopic (exact) mass is 488 g/mol. The standard InChI is InChI=1S/C25H36N4O6/c1-12(2)19-13(3)22(31)29-21(16-10-35-11-16)25(34)27-15(5)20(24(33)26-14(19)4)28-23(32)17-8-6-7-9-18(17)30/h6-9,12-16,19-21,30H,10-11H2,1-5H3,(H,26,33)(H,27,34)(H,28,32)(H,29,31). The maximum absolute atomic E-state index is 13.4. The van der Waals surface area contributed by atoms with Gasteiger partial charge in [-0.15, -0.1) is 0 Å². The summed E-state index contributed by atoms with van der Waals surface area (Å²) in [5.41, 5.74) is 0.0171. The quantitative estimate of drug-likeness (QED) is 0.419. The first-order chi connectivity index (χ1) is 16.5. The number of amides is 4. The van der Waals surface area contributed by atoms with Crippen LogP contribution in [-0.2, 0) is 19.1 Å². The van der Waals surface area contributed by atoms with Crippen LogP contribution in [0.5, 0.6) is 5.75 Å². The van der Waals surface area contributed by atoms with Gasteiger partial charge in [-0.2, -0.15) is 0 Å². The molecule has 3 rings (SSSR count). The fourth-order valence-electron chi connectivity index (χ4n) is 5.00. The first-order valence-corrected chi connectivity index (χ1v) is 12.1. The molecule has 1 aromatic carbocycles. The van der Waals surface area contributed by atoms with Gasteiger partial charge in [-0.25, -0.2) is 0 Å². The van der Waals surface area contributed by atoms with Gasteiger partial charge in [0.15, 0.2) is 0 Å². The van der Waals surface area contributed by atoms with Gasteiger partial charge in [0.25, 0.3) is 5.91 Å². The highest BCUT2D eigenvalue weighted by Gasteiger charge is 2.41. The Morgan fingerprint density at radius 1 is 0.971 bits per heavy atom. The molecular weight excluding hydrogens is 452 g/mol. The zero-order valence-corrected chi connectivity index (χ0v) is 20.8. The summed E-state index contributed by atoms with van der Waals surface area (Å²) in [6.07, 6.45) is 0. The smallest absolute Gasteiger partial charge is 0.255 e. The van der Waals surface area contributed by atoms with Crippen LogP contribution in [0.3, 0.4) is 0 Å². The molecule has 10 nitrogen and oxygen atoms in total. The number of aromatic hydroxyl groups is 1. The molecule has 2 fully saturated rings. The molecular formula is C25H36N4O6. The van der Waals surface area contributed by atoms with E-state index in [1.165, 1.54) is 12.1 Å². The third-order valence-electron chi connectivity index (χ3n) is 7.01. The topological polar surface area (TPSA) is 146 Å². The highest BCUT2D eigenvalue weighted by Crippen LogP contribution is 2.26. The van der Waals surface area contributed by atoms with Gasteiger partial charge in [-0.05, 0) is 37.8 Å². The second kappa shape index (κ2) is 11.1.